The maximum absolute atomic E-state index is 12.9. The number of carbonyl (C=O) groups is 1. The fourth-order valence-electron chi connectivity index (χ4n) is 3.00. The number of amides is 1. The molecule has 1 fully saturated rings. The molecule has 2 aromatic rings. The highest BCUT2D eigenvalue weighted by molar-refractivity contribution is 7.89. The highest BCUT2D eigenvalue weighted by Gasteiger charge is 2.32. The first-order valence-corrected chi connectivity index (χ1v) is 10.1. The summed E-state index contributed by atoms with van der Waals surface area (Å²) >= 11 is 0. The number of piperazine rings is 1. The number of aromatic nitrogens is 4. The molecule has 1 saturated heterocycles. The molecule has 28 heavy (non-hydrogen) atoms. The average molecular weight is 411 g/mol. The molecule has 0 saturated carbocycles. The molecule has 3 heterocycles. The second-order valence-electron chi connectivity index (χ2n) is 6.37. The Morgan fingerprint density at radius 1 is 1.21 bits per heavy atom. The second kappa shape index (κ2) is 7.67. The van der Waals surface area contributed by atoms with Gasteiger partial charge >= 0.3 is 5.69 Å². The number of nitro groups is 1. The van der Waals surface area contributed by atoms with Crippen LogP contribution in [0.4, 0.5) is 5.69 Å². The van der Waals surface area contributed by atoms with Gasteiger partial charge in [0.25, 0.3) is 0 Å². The monoisotopic (exact) mass is 411 g/mol. The Labute approximate surface area is 161 Å². The number of nitrogens with zero attached hydrogens (tertiary/aromatic N) is 7. The van der Waals surface area contributed by atoms with E-state index in [9.17, 15) is 23.3 Å². The van der Waals surface area contributed by atoms with E-state index in [1.165, 1.54) is 26.3 Å². The minimum atomic E-state index is -3.68. The quantitative estimate of drug-likeness (QED) is 0.476. The number of hydrogen-bond donors (Lipinski definition) is 0. The molecule has 13 heteroatoms. The van der Waals surface area contributed by atoms with Gasteiger partial charge in [0.1, 0.15) is 23.8 Å². The van der Waals surface area contributed by atoms with E-state index >= 15 is 0 Å². The van der Waals surface area contributed by atoms with Gasteiger partial charge in [-0.25, -0.2) is 8.42 Å². The van der Waals surface area contributed by atoms with Crippen LogP contribution in [0.3, 0.4) is 0 Å². The van der Waals surface area contributed by atoms with E-state index in [4.69, 9.17) is 0 Å². The van der Waals surface area contributed by atoms with Crippen LogP contribution in [0.25, 0.3) is 0 Å². The first kappa shape index (κ1) is 19.9. The van der Waals surface area contributed by atoms with Gasteiger partial charge < -0.3 is 4.90 Å². The van der Waals surface area contributed by atoms with Crippen molar-refractivity contribution in [3.63, 3.8) is 0 Å². The van der Waals surface area contributed by atoms with Crippen molar-refractivity contribution < 1.29 is 18.1 Å². The van der Waals surface area contributed by atoms with Crippen molar-refractivity contribution in [2.45, 2.75) is 31.8 Å². The van der Waals surface area contributed by atoms with Crippen LogP contribution in [-0.4, -0.2) is 74.2 Å². The average Bonchev–Trinajstić information content (AvgIpc) is 3.28. The molecule has 1 aliphatic heterocycles. The molecule has 12 nitrogen and oxygen atoms in total. The lowest BCUT2D eigenvalue weighted by atomic mass is 10.3. The number of carbonyl (C=O) groups excluding carboxylic acids is 1. The Morgan fingerprint density at radius 2 is 1.89 bits per heavy atom. The molecule has 0 unspecified atom stereocenters. The summed E-state index contributed by atoms with van der Waals surface area (Å²) in [6.45, 7) is 4.79. The minimum Gasteiger partial charge on any atom is -0.338 e. The van der Waals surface area contributed by atoms with Crippen molar-refractivity contribution in [3.05, 3.63) is 34.4 Å². The van der Waals surface area contributed by atoms with Crippen LogP contribution in [0.2, 0.25) is 0 Å². The van der Waals surface area contributed by atoms with Gasteiger partial charge in [0.15, 0.2) is 0 Å². The van der Waals surface area contributed by atoms with E-state index in [0.717, 1.165) is 6.20 Å². The maximum atomic E-state index is 12.9. The van der Waals surface area contributed by atoms with E-state index in [1.54, 1.807) is 11.6 Å². The summed E-state index contributed by atoms with van der Waals surface area (Å²) in [5.41, 5.74) is 0.257. The van der Waals surface area contributed by atoms with Gasteiger partial charge in [-0.1, -0.05) is 0 Å². The van der Waals surface area contributed by atoms with Gasteiger partial charge in [-0.2, -0.15) is 14.5 Å². The normalized spacial score (nSPS) is 15.7. The van der Waals surface area contributed by atoms with Crippen molar-refractivity contribution in [1.82, 2.24) is 28.8 Å². The summed E-state index contributed by atoms with van der Waals surface area (Å²) in [7, 11) is -3.68. The van der Waals surface area contributed by atoms with Crippen molar-refractivity contribution in [1.29, 1.82) is 0 Å². The van der Waals surface area contributed by atoms with Crippen LogP contribution >= 0.6 is 0 Å². The predicted molar refractivity (Wildman–Crippen MR) is 96.9 cm³/mol. The number of hydrogen-bond acceptors (Lipinski definition) is 7. The van der Waals surface area contributed by atoms with Gasteiger partial charge in [-0.3, -0.25) is 24.3 Å². The number of sulfonamides is 1. The summed E-state index contributed by atoms with van der Waals surface area (Å²) in [5.74, 6) is -0.273. The van der Waals surface area contributed by atoms with Gasteiger partial charge in [0, 0.05) is 38.9 Å². The van der Waals surface area contributed by atoms with E-state index in [-0.39, 0.29) is 49.2 Å². The SMILES string of the molecule is CCn1cc(S(=O)(=O)N2CCN(C(=O)Cn3cc([N+](=O)[O-])cn3)CC2)c(C)n1. The third-order valence-electron chi connectivity index (χ3n) is 4.56. The third-order valence-corrected chi connectivity index (χ3v) is 6.56. The van der Waals surface area contributed by atoms with Gasteiger partial charge in [-0.05, 0) is 13.8 Å². The summed E-state index contributed by atoms with van der Waals surface area (Å²) < 4.78 is 29.8. The third kappa shape index (κ3) is 3.89. The molecule has 0 bridgehead atoms. The molecule has 0 atom stereocenters. The Kier molecular flexibility index (Phi) is 5.47. The molecule has 1 aliphatic rings. The van der Waals surface area contributed by atoms with Crippen LogP contribution in [0, 0.1) is 17.0 Å². The van der Waals surface area contributed by atoms with Crippen LogP contribution in [0.1, 0.15) is 12.6 Å². The molecular weight excluding hydrogens is 390 g/mol. The molecular formula is C15H21N7O5S. The molecule has 0 radical (unpaired) electrons. The zero-order chi connectivity index (χ0) is 20.5. The van der Waals surface area contributed by atoms with E-state index in [1.807, 2.05) is 6.92 Å². The molecule has 2 aromatic heterocycles. The Bertz CT molecular complexity index is 988. The zero-order valence-corrected chi connectivity index (χ0v) is 16.4. The number of aryl methyl sites for hydroxylation is 2. The highest BCUT2D eigenvalue weighted by atomic mass is 32.2. The lowest BCUT2D eigenvalue weighted by Crippen LogP contribution is -2.51. The van der Waals surface area contributed by atoms with Crippen molar-refractivity contribution in [2.24, 2.45) is 0 Å². The Morgan fingerprint density at radius 3 is 2.43 bits per heavy atom. The number of rotatable bonds is 6. The van der Waals surface area contributed by atoms with Crippen LogP contribution < -0.4 is 0 Å². The summed E-state index contributed by atoms with van der Waals surface area (Å²) in [5, 5.41) is 18.7. The van der Waals surface area contributed by atoms with Crippen molar-refractivity contribution >= 4 is 21.6 Å². The van der Waals surface area contributed by atoms with Crippen LogP contribution in [-0.2, 0) is 27.9 Å². The topological polar surface area (TPSA) is 136 Å². The lowest BCUT2D eigenvalue weighted by molar-refractivity contribution is -0.385. The molecule has 0 N–H and O–H groups in total. The smallest absolute Gasteiger partial charge is 0.307 e. The summed E-state index contributed by atoms with van der Waals surface area (Å²) in [6.07, 6.45) is 3.79. The molecule has 0 spiro atoms. The minimum absolute atomic E-state index is 0.136. The molecule has 3 rings (SSSR count). The summed E-state index contributed by atoms with van der Waals surface area (Å²) in [4.78, 5) is 24.2. The fourth-order valence-corrected chi connectivity index (χ4v) is 4.59. The van der Waals surface area contributed by atoms with Crippen molar-refractivity contribution in [3.8, 4) is 0 Å². The summed E-state index contributed by atoms with van der Waals surface area (Å²) in [6, 6.07) is 0. The lowest BCUT2D eigenvalue weighted by Gasteiger charge is -2.33. The molecule has 1 amide bonds. The zero-order valence-electron chi connectivity index (χ0n) is 15.6. The standard InChI is InChI=1S/C15H21N7O5S/c1-3-19-10-14(12(2)17-19)28(26,27)21-6-4-18(5-7-21)15(23)11-20-9-13(8-16-20)22(24)25/h8-10H,3-7,11H2,1-2H3. The predicted octanol–water partition coefficient (Wildman–Crippen LogP) is -0.151. The first-order chi connectivity index (χ1) is 13.2. The maximum Gasteiger partial charge on any atom is 0.307 e. The fraction of sp³-hybridized carbons (Fsp3) is 0.533. The molecule has 152 valence electrons. The largest absolute Gasteiger partial charge is 0.338 e. The molecule has 0 aliphatic carbocycles. The van der Waals surface area contributed by atoms with E-state index in [2.05, 4.69) is 10.2 Å². The van der Waals surface area contributed by atoms with Gasteiger partial charge in [0.05, 0.1) is 10.6 Å². The van der Waals surface area contributed by atoms with Crippen molar-refractivity contribution in [2.75, 3.05) is 26.2 Å². The van der Waals surface area contributed by atoms with E-state index < -0.39 is 14.9 Å². The first-order valence-electron chi connectivity index (χ1n) is 8.71. The molecule has 0 aromatic carbocycles. The Balaban J connectivity index is 1.62. The van der Waals surface area contributed by atoms with Crippen LogP contribution in [0.15, 0.2) is 23.5 Å². The highest BCUT2D eigenvalue weighted by Crippen LogP contribution is 2.20. The Hall–Kier alpha value is -2.80. The van der Waals surface area contributed by atoms with Gasteiger partial charge in [-0.15, -0.1) is 0 Å². The van der Waals surface area contributed by atoms with E-state index in [0.29, 0.717) is 12.2 Å². The second-order valence-corrected chi connectivity index (χ2v) is 8.28. The van der Waals surface area contributed by atoms with Crippen LogP contribution in [0.5, 0.6) is 0 Å². The van der Waals surface area contributed by atoms with Gasteiger partial charge in [0.2, 0.25) is 15.9 Å².